The highest BCUT2D eigenvalue weighted by Gasteiger charge is 2.10. The number of hydrogen-bond donors (Lipinski definition) is 0. The van der Waals surface area contributed by atoms with Crippen molar-refractivity contribution in [1.82, 2.24) is 0 Å². The Morgan fingerprint density at radius 1 is 0.417 bits per heavy atom. The molecule has 0 saturated heterocycles. The van der Waals surface area contributed by atoms with Gasteiger partial charge in [0.15, 0.2) is 0 Å². The second-order valence-corrected chi connectivity index (χ2v) is 6.22. The fraction of sp³-hybridized carbons (Fsp3) is 0. The summed E-state index contributed by atoms with van der Waals surface area (Å²) in [7, 11) is 0. The summed E-state index contributed by atoms with van der Waals surface area (Å²) in [5.41, 5.74) is 2.57. The van der Waals surface area contributed by atoms with Gasteiger partial charge in [-0.05, 0) is 49.5 Å². The molecule has 0 unspecified atom stereocenters. The summed E-state index contributed by atoms with van der Waals surface area (Å²) in [5, 5.41) is 7.90. The van der Waals surface area contributed by atoms with Crippen molar-refractivity contribution in [3.05, 3.63) is 97.1 Å². The van der Waals surface area contributed by atoms with Crippen LogP contribution >= 0.6 is 0 Å². The van der Waals surface area contributed by atoms with Crippen molar-refractivity contribution in [3.8, 4) is 11.1 Å². The van der Waals surface area contributed by atoms with Crippen LogP contribution in [-0.2, 0) is 0 Å². The summed E-state index contributed by atoms with van der Waals surface area (Å²) >= 11 is 0. The molecule has 0 aliphatic rings. The van der Waals surface area contributed by atoms with Crippen LogP contribution in [0, 0.1) is 0 Å². The Kier molecular flexibility index (Phi) is 2.89. The topological polar surface area (TPSA) is 0 Å². The average molecular weight is 304 g/mol. The van der Waals surface area contributed by atoms with Crippen molar-refractivity contribution in [3.63, 3.8) is 0 Å². The second-order valence-electron chi connectivity index (χ2n) is 6.22. The number of benzene rings is 5. The lowest BCUT2D eigenvalue weighted by molar-refractivity contribution is 1.67. The molecule has 0 fully saturated rings. The zero-order valence-corrected chi connectivity index (χ0v) is 13.2. The molecule has 0 atom stereocenters. The first-order chi connectivity index (χ1) is 11.9. The normalized spacial score (nSPS) is 11.3. The molecule has 0 aromatic heterocycles. The zero-order chi connectivity index (χ0) is 15.9. The van der Waals surface area contributed by atoms with Crippen molar-refractivity contribution in [2.24, 2.45) is 0 Å². The monoisotopic (exact) mass is 304 g/mol. The van der Waals surface area contributed by atoms with Gasteiger partial charge in [-0.25, -0.2) is 0 Å². The standard InChI is InChI=1S/C24H16/c1-2-8-17(9-3-1)23-16-19-11-5-7-13-21(19)24-20-12-6-4-10-18(20)14-15-22(23)24/h1-16H. The lowest BCUT2D eigenvalue weighted by Gasteiger charge is -2.13. The summed E-state index contributed by atoms with van der Waals surface area (Å²) in [6.45, 7) is 0. The molecule has 0 bridgehead atoms. The largest absolute Gasteiger partial charge is 0.0622 e. The van der Waals surface area contributed by atoms with Gasteiger partial charge >= 0.3 is 0 Å². The first-order valence-corrected chi connectivity index (χ1v) is 8.30. The van der Waals surface area contributed by atoms with E-state index in [1.807, 2.05) is 0 Å². The Bertz CT molecular complexity index is 1170. The summed E-state index contributed by atoms with van der Waals surface area (Å²) in [6.07, 6.45) is 0. The summed E-state index contributed by atoms with van der Waals surface area (Å²) in [6, 6.07) is 34.9. The maximum Gasteiger partial charge on any atom is -0.00206 e. The molecule has 0 aliphatic carbocycles. The molecule has 112 valence electrons. The molecule has 0 radical (unpaired) electrons. The van der Waals surface area contributed by atoms with E-state index in [4.69, 9.17) is 0 Å². The van der Waals surface area contributed by atoms with Crippen LogP contribution in [-0.4, -0.2) is 0 Å². The fourth-order valence-corrected chi connectivity index (χ4v) is 3.73. The van der Waals surface area contributed by atoms with Crippen molar-refractivity contribution >= 4 is 32.3 Å². The van der Waals surface area contributed by atoms with Gasteiger partial charge in [0, 0.05) is 0 Å². The third kappa shape index (κ3) is 1.93. The first kappa shape index (κ1) is 13.3. The summed E-state index contributed by atoms with van der Waals surface area (Å²) in [4.78, 5) is 0. The van der Waals surface area contributed by atoms with E-state index in [2.05, 4.69) is 97.1 Å². The minimum Gasteiger partial charge on any atom is -0.0622 e. The van der Waals surface area contributed by atoms with Crippen LogP contribution in [0.4, 0.5) is 0 Å². The van der Waals surface area contributed by atoms with E-state index in [-0.39, 0.29) is 0 Å². The minimum atomic E-state index is 1.27. The highest BCUT2D eigenvalue weighted by molar-refractivity contribution is 6.23. The van der Waals surface area contributed by atoms with Crippen LogP contribution in [0.3, 0.4) is 0 Å². The first-order valence-electron chi connectivity index (χ1n) is 8.30. The van der Waals surface area contributed by atoms with Crippen LogP contribution in [0.1, 0.15) is 0 Å². The van der Waals surface area contributed by atoms with Gasteiger partial charge < -0.3 is 0 Å². The SMILES string of the molecule is c1ccc(-c2cc3ccccc3c3c2ccc2ccccc23)cc1. The van der Waals surface area contributed by atoms with E-state index < -0.39 is 0 Å². The molecule has 0 amide bonds. The van der Waals surface area contributed by atoms with E-state index in [0.717, 1.165) is 0 Å². The van der Waals surface area contributed by atoms with E-state index in [1.165, 1.54) is 43.4 Å². The Balaban J connectivity index is 2.06. The molecule has 24 heavy (non-hydrogen) atoms. The molecule has 0 spiro atoms. The van der Waals surface area contributed by atoms with Gasteiger partial charge in [0.05, 0.1) is 0 Å². The highest BCUT2D eigenvalue weighted by atomic mass is 14.1. The van der Waals surface area contributed by atoms with Gasteiger partial charge in [0.2, 0.25) is 0 Å². The Morgan fingerprint density at radius 2 is 1.04 bits per heavy atom. The van der Waals surface area contributed by atoms with Crippen LogP contribution in [0.5, 0.6) is 0 Å². The maximum atomic E-state index is 2.32. The Labute approximate surface area is 141 Å². The molecule has 5 aromatic rings. The van der Waals surface area contributed by atoms with E-state index in [0.29, 0.717) is 0 Å². The van der Waals surface area contributed by atoms with Crippen molar-refractivity contribution in [2.45, 2.75) is 0 Å². The third-order valence-electron chi connectivity index (χ3n) is 4.83. The molecule has 5 aromatic carbocycles. The average Bonchev–Trinajstić information content (AvgIpc) is 2.67. The molecule has 5 rings (SSSR count). The summed E-state index contributed by atoms with van der Waals surface area (Å²) < 4.78 is 0. The molecular weight excluding hydrogens is 288 g/mol. The number of hydrogen-bond acceptors (Lipinski definition) is 0. The molecular formula is C24H16. The van der Waals surface area contributed by atoms with E-state index >= 15 is 0 Å². The van der Waals surface area contributed by atoms with Crippen molar-refractivity contribution < 1.29 is 0 Å². The zero-order valence-electron chi connectivity index (χ0n) is 13.2. The van der Waals surface area contributed by atoms with Crippen molar-refractivity contribution in [2.75, 3.05) is 0 Å². The van der Waals surface area contributed by atoms with Gasteiger partial charge in [0.25, 0.3) is 0 Å². The van der Waals surface area contributed by atoms with Gasteiger partial charge in [-0.2, -0.15) is 0 Å². The molecule has 0 N–H and O–H groups in total. The van der Waals surface area contributed by atoms with Crippen LogP contribution in [0.25, 0.3) is 43.4 Å². The second kappa shape index (κ2) is 5.21. The Morgan fingerprint density at radius 3 is 1.83 bits per heavy atom. The lowest BCUT2D eigenvalue weighted by Crippen LogP contribution is -1.86. The molecule has 0 saturated carbocycles. The van der Waals surface area contributed by atoms with E-state index in [9.17, 15) is 0 Å². The summed E-state index contributed by atoms with van der Waals surface area (Å²) in [5.74, 6) is 0. The Hall–Kier alpha value is -3.12. The van der Waals surface area contributed by atoms with Crippen LogP contribution in [0.15, 0.2) is 97.1 Å². The van der Waals surface area contributed by atoms with Crippen LogP contribution < -0.4 is 0 Å². The van der Waals surface area contributed by atoms with Gasteiger partial charge in [0.1, 0.15) is 0 Å². The molecule has 0 nitrogen and oxygen atoms in total. The predicted molar refractivity (Wildman–Crippen MR) is 104 cm³/mol. The van der Waals surface area contributed by atoms with Crippen molar-refractivity contribution in [1.29, 1.82) is 0 Å². The van der Waals surface area contributed by atoms with Gasteiger partial charge in [-0.15, -0.1) is 0 Å². The fourth-order valence-electron chi connectivity index (χ4n) is 3.73. The number of rotatable bonds is 1. The molecule has 0 heteroatoms. The molecule has 0 aliphatic heterocycles. The highest BCUT2D eigenvalue weighted by Crippen LogP contribution is 2.38. The molecule has 0 heterocycles. The van der Waals surface area contributed by atoms with E-state index in [1.54, 1.807) is 0 Å². The maximum absolute atomic E-state index is 2.32. The minimum absolute atomic E-state index is 1.27. The van der Waals surface area contributed by atoms with Gasteiger partial charge in [-0.3, -0.25) is 0 Å². The van der Waals surface area contributed by atoms with Crippen LogP contribution in [0.2, 0.25) is 0 Å². The quantitative estimate of drug-likeness (QED) is 0.298. The van der Waals surface area contributed by atoms with Gasteiger partial charge in [-0.1, -0.05) is 91.0 Å². The lowest BCUT2D eigenvalue weighted by atomic mass is 9.90. The third-order valence-corrected chi connectivity index (χ3v) is 4.83. The smallest absolute Gasteiger partial charge is 0.00206 e. The predicted octanol–water partition coefficient (Wildman–Crippen LogP) is 6.81. The number of fused-ring (bicyclic) bond motifs is 5.